The summed E-state index contributed by atoms with van der Waals surface area (Å²) in [5.74, 6) is 0.279. The zero-order valence-corrected chi connectivity index (χ0v) is 14.6. The summed E-state index contributed by atoms with van der Waals surface area (Å²) < 4.78 is 1.83. The molecular weight excluding hydrogens is 322 g/mol. The fourth-order valence-electron chi connectivity index (χ4n) is 3.19. The molecule has 6 nitrogen and oxygen atoms in total. The Bertz CT molecular complexity index is 880. The minimum absolute atomic E-state index is 0.0403. The van der Waals surface area contributed by atoms with Gasteiger partial charge in [0.05, 0.1) is 10.7 Å². The third-order valence-corrected chi connectivity index (χ3v) is 5.85. The summed E-state index contributed by atoms with van der Waals surface area (Å²) in [5.41, 5.74) is 2.14. The molecule has 3 aromatic heterocycles. The first kappa shape index (κ1) is 15.3. The summed E-state index contributed by atoms with van der Waals surface area (Å²) in [6, 6.07) is 0. The van der Waals surface area contributed by atoms with Crippen molar-refractivity contribution in [3.8, 4) is 0 Å². The van der Waals surface area contributed by atoms with Gasteiger partial charge in [0.2, 0.25) is 0 Å². The Morgan fingerprint density at radius 1 is 1.25 bits per heavy atom. The third-order valence-electron chi connectivity index (χ3n) is 4.62. The van der Waals surface area contributed by atoms with Gasteiger partial charge in [0, 0.05) is 48.7 Å². The molecule has 4 heterocycles. The zero-order chi connectivity index (χ0) is 16.7. The molecule has 1 saturated heterocycles. The van der Waals surface area contributed by atoms with Gasteiger partial charge in [-0.15, -0.1) is 11.3 Å². The van der Waals surface area contributed by atoms with Crippen molar-refractivity contribution in [3.05, 3.63) is 46.1 Å². The maximum atomic E-state index is 13.0. The maximum Gasteiger partial charge on any atom is 0.276 e. The predicted molar refractivity (Wildman–Crippen MR) is 92.5 cm³/mol. The van der Waals surface area contributed by atoms with E-state index >= 15 is 0 Å². The van der Waals surface area contributed by atoms with Crippen molar-refractivity contribution >= 4 is 22.9 Å². The van der Waals surface area contributed by atoms with Crippen LogP contribution in [-0.2, 0) is 0 Å². The van der Waals surface area contributed by atoms with Crippen LogP contribution in [0.15, 0.2) is 24.8 Å². The number of carbonyl (C=O) groups is 1. The second-order valence-electron chi connectivity index (χ2n) is 6.22. The van der Waals surface area contributed by atoms with Crippen LogP contribution in [-0.4, -0.2) is 43.2 Å². The van der Waals surface area contributed by atoms with Crippen LogP contribution in [0.3, 0.4) is 0 Å². The van der Waals surface area contributed by atoms with Gasteiger partial charge >= 0.3 is 0 Å². The van der Waals surface area contributed by atoms with Crippen molar-refractivity contribution in [2.24, 2.45) is 0 Å². The van der Waals surface area contributed by atoms with Crippen LogP contribution in [0.25, 0.3) is 5.65 Å². The molecule has 1 aliphatic heterocycles. The van der Waals surface area contributed by atoms with Gasteiger partial charge in [-0.1, -0.05) is 0 Å². The highest BCUT2D eigenvalue weighted by Crippen LogP contribution is 2.31. The molecule has 0 radical (unpaired) electrons. The van der Waals surface area contributed by atoms with Crippen molar-refractivity contribution in [2.75, 3.05) is 13.1 Å². The highest BCUT2D eigenvalue weighted by molar-refractivity contribution is 7.11. The first-order valence-corrected chi connectivity index (χ1v) is 8.96. The summed E-state index contributed by atoms with van der Waals surface area (Å²) in [4.78, 5) is 29.4. The molecule has 1 atom stereocenters. The van der Waals surface area contributed by atoms with Gasteiger partial charge in [-0.2, -0.15) is 0 Å². The average Bonchev–Trinajstić information content (AvgIpc) is 3.21. The lowest BCUT2D eigenvalue weighted by atomic mass is 9.98. The Labute approximate surface area is 144 Å². The van der Waals surface area contributed by atoms with E-state index in [1.165, 1.54) is 4.88 Å². The highest BCUT2D eigenvalue weighted by atomic mass is 32.1. The van der Waals surface area contributed by atoms with E-state index in [2.05, 4.69) is 16.9 Å². The number of imidazole rings is 1. The molecule has 1 fully saturated rings. The standard InChI is InChI=1S/C17H19N5OS/c1-11-12(2)24-16(20-11)13-4-3-7-22(10-13)17(23)14-15-19-6-9-21(15)8-5-18-14/h5-6,8-9,13H,3-4,7,10H2,1-2H3/t13-/m0/s1. The van der Waals surface area contributed by atoms with E-state index < -0.39 is 0 Å². The molecule has 24 heavy (non-hydrogen) atoms. The fraction of sp³-hybridized carbons (Fsp3) is 0.412. The number of nitrogens with zero attached hydrogens (tertiary/aromatic N) is 5. The summed E-state index contributed by atoms with van der Waals surface area (Å²) in [6.07, 6.45) is 9.04. The maximum absolute atomic E-state index is 13.0. The van der Waals surface area contributed by atoms with Crippen LogP contribution in [0.1, 0.15) is 44.8 Å². The SMILES string of the molecule is Cc1nc([C@H]2CCCN(C(=O)c3nccn4ccnc34)C2)sc1C. The number of aromatic nitrogens is 4. The van der Waals surface area contributed by atoms with Crippen molar-refractivity contribution in [1.29, 1.82) is 0 Å². The highest BCUT2D eigenvalue weighted by Gasteiger charge is 2.29. The molecule has 0 bridgehead atoms. The fourth-order valence-corrected chi connectivity index (χ4v) is 4.24. The van der Waals surface area contributed by atoms with E-state index in [-0.39, 0.29) is 5.91 Å². The predicted octanol–water partition coefficient (Wildman–Crippen LogP) is 2.82. The van der Waals surface area contributed by atoms with E-state index in [1.807, 2.05) is 22.4 Å². The first-order chi connectivity index (χ1) is 11.6. The normalized spacial score (nSPS) is 18.2. The van der Waals surface area contributed by atoms with E-state index in [1.54, 1.807) is 29.9 Å². The van der Waals surface area contributed by atoms with Crippen LogP contribution >= 0.6 is 11.3 Å². The molecule has 3 aromatic rings. The topological polar surface area (TPSA) is 63.4 Å². The van der Waals surface area contributed by atoms with Crippen molar-refractivity contribution in [1.82, 2.24) is 24.3 Å². The Balaban J connectivity index is 1.59. The Morgan fingerprint density at radius 3 is 2.79 bits per heavy atom. The third kappa shape index (κ3) is 2.58. The van der Waals surface area contributed by atoms with E-state index in [0.29, 0.717) is 23.8 Å². The number of carbonyl (C=O) groups excluding carboxylic acids is 1. The minimum atomic E-state index is -0.0403. The summed E-state index contributed by atoms with van der Waals surface area (Å²) in [6.45, 7) is 5.62. The first-order valence-electron chi connectivity index (χ1n) is 8.14. The van der Waals surface area contributed by atoms with Crippen molar-refractivity contribution < 1.29 is 4.79 Å². The number of likely N-dealkylation sites (tertiary alicyclic amines) is 1. The number of fused-ring (bicyclic) bond motifs is 1. The van der Waals surface area contributed by atoms with E-state index in [9.17, 15) is 4.79 Å². The van der Waals surface area contributed by atoms with Gasteiger partial charge in [0.25, 0.3) is 5.91 Å². The minimum Gasteiger partial charge on any atom is -0.336 e. The van der Waals surface area contributed by atoms with Crippen molar-refractivity contribution in [2.45, 2.75) is 32.6 Å². The van der Waals surface area contributed by atoms with Crippen LogP contribution < -0.4 is 0 Å². The largest absolute Gasteiger partial charge is 0.336 e. The summed E-state index contributed by atoms with van der Waals surface area (Å²) in [7, 11) is 0. The zero-order valence-electron chi connectivity index (χ0n) is 13.8. The van der Waals surface area contributed by atoms with Gasteiger partial charge in [0.1, 0.15) is 0 Å². The van der Waals surface area contributed by atoms with Crippen LogP contribution in [0, 0.1) is 13.8 Å². The van der Waals surface area contributed by atoms with Gasteiger partial charge in [-0.3, -0.25) is 4.79 Å². The summed E-state index contributed by atoms with van der Waals surface area (Å²) in [5, 5.41) is 1.15. The lowest BCUT2D eigenvalue weighted by molar-refractivity contribution is 0.0702. The Kier molecular flexibility index (Phi) is 3.80. The molecule has 7 heteroatoms. The number of piperidine rings is 1. The van der Waals surface area contributed by atoms with Crippen LogP contribution in [0.5, 0.6) is 0 Å². The summed E-state index contributed by atoms with van der Waals surface area (Å²) >= 11 is 1.75. The molecule has 0 unspecified atom stereocenters. The number of hydrogen-bond donors (Lipinski definition) is 0. The smallest absolute Gasteiger partial charge is 0.276 e. The van der Waals surface area contributed by atoms with E-state index in [0.717, 1.165) is 30.1 Å². The molecule has 0 spiro atoms. The number of amides is 1. The molecule has 1 amide bonds. The number of aryl methyl sites for hydroxylation is 2. The van der Waals surface area contributed by atoms with Crippen LogP contribution in [0.4, 0.5) is 0 Å². The number of thiazole rings is 1. The molecule has 124 valence electrons. The molecule has 1 aliphatic rings. The monoisotopic (exact) mass is 341 g/mol. The van der Waals surface area contributed by atoms with E-state index in [4.69, 9.17) is 4.98 Å². The molecular formula is C17H19N5OS. The van der Waals surface area contributed by atoms with Crippen molar-refractivity contribution in [3.63, 3.8) is 0 Å². The second-order valence-corrected chi connectivity index (χ2v) is 7.45. The van der Waals surface area contributed by atoms with Gasteiger partial charge in [0.15, 0.2) is 11.3 Å². The quantitative estimate of drug-likeness (QED) is 0.719. The van der Waals surface area contributed by atoms with Gasteiger partial charge in [-0.05, 0) is 26.7 Å². The second kappa shape index (κ2) is 5.98. The molecule has 0 N–H and O–H groups in total. The lowest BCUT2D eigenvalue weighted by Crippen LogP contribution is -2.39. The molecule has 4 rings (SSSR count). The Hall–Kier alpha value is -2.28. The lowest BCUT2D eigenvalue weighted by Gasteiger charge is -2.31. The van der Waals surface area contributed by atoms with Gasteiger partial charge < -0.3 is 9.30 Å². The number of hydrogen-bond acceptors (Lipinski definition) is 5. The molecule has 0 aliphatic carbocycles. The average molecular weight is 341 g/mol. The Morgan fingerprint density at radius 2 is 2.04 bits per heavy atom. The number of rotatable bonds is 2. The molecule has 0 aromatic carbocycles. The molecule has 0 saturated carbocycles. The van der Waals surface area contributed by atoms with Gasteiger partial charge in [-0.25, -0.2) is 15.0 Å². The van der Waals surface area contributed by atoms with Crippen LogP contribution in [0.2, 0.25) is 0 Å².